The van der Waals surface area contributed by atoms with E-state index in [9.17, 15) is 4.79 Å². The third-order valence-electron chi connectivity index (χ3n) is 1.13. The smallest absolute Gasteiger partial charge is 0.327 e. The van der Waals surface area contributed by atoms with E-state index in [1.165, 1.54) is 12.2 Å². The summed E-state index contributed by atoms with van der Waals surface area (Å²) in [5.41, 5.74) is 4.91. The Balaban J connectivity index is 4.04. The van der Waals surface area contributed by atoms with Crippen molar-refractivity contribution in [1.29, 1.82) is 0 Å². The lowest BCUT2D eigenvalue weighted by atomic mass is 10.2. The van der Waals surface area contributed by atoms with Crippen LogP contribution in [0, 0.1) is 0 Å². The zero-order chi connectivity index (χ0) is 10.5. The van der Waals surface area contributed by atoms with Crippen LogP contribution in [0.25, 0.3) is 0 Å². The van der Waals surface area contributed by atoms with Crippen molar-refractivity contribution in [2.45, 2.75) is 32.4 Å². The molecule has 0 spiro atoms. The second-order valence-electron chi connectivity index (χ2n) is 3.67. The standard InChI is InChI=1S/C9H17NO3/c1-9(2,3)13-8(12)7(10)5-4-6-11/h4-5,7,11H,6,10H2,1-3H3/b5-4+. The highest BCUT2D eigenvalue weighted by molar-refractivity contribution is 5.78. The lowest BCUT2D eigenvalue weighted by molar-refractivity contribution is -0.155. The maximum absolute atomic E-state index is 11.2. The Morgan fingerprint density at radius 2 is 2.15 bits per heavy atom. The van der Waals surface area contributed by atoms with Gasteiger partial charge in [-0.15, -0.1) is 0 Å². The third kappa shape index (κ3) is 6.31. The number of carbonyl (C=O) groups excluding carboxylic acids is 1. The maximum Gasteiger partial charge on any atom is 0.327 e. The molecule has 13 heavy (non-hydrogen) atoms. The second kappa shape index (κ2) is 4.99. The molecule has 0 heterocycles. The fourth-order valence-electron chi connectivity index (χ4n) is 0.656. The van der Waals surface area contributed by atoms with Crippen molar-refractivity contribution in [2.24, 2.45) is 5.73 Å². The monoisotopic (exact) mass is 187 g/mol. The van der Waals surface area contributed by atoms with Crippen LogP contribution in [0.15, 0.2) is 12.2 Å². The van der Waals surface area contributed by atoms with Crippen LogP contribution < -0.4 is 5.73 Å². The molecule has 0 aliphatic heterocycles. The Hall–Kier alpha value is -0.870. The minimum absolute atomic E-state index is 0.128. The van der Waals surface area contributed by atoms with Gasteiger partial charge in [-0.1, -0.05) is 12.2 Å². The lowest BCUT2D eigenvalue weighted by Gasteiger charge is -2.20. The number of aliphatic hydroxyl groups is 1. The summed E-state index contributed by atoms with van der Waals surface area (Å²) < 4.78 is 5.00. The number of carbonyl (C=O) groups is 1. The molecule has 0 saturated heterocycles. The molecule has 0 aromatic heterocycles. The summed E-state index contributed by atoms with van der Waals surface area (Å²) in [7, 11) is 0. The summed E-state index contributed by atoms with van der Waals surface area (Å²) in [5.74, 6) is -0.489. The lowest BCUT2D eigenvalue weighted by Crippen LogP contribution is -2.36. The summed E-state index contributed by atoms with van der Waals surface area (Å²) in [5, 5.41) is 8.44. The van der Waals surface area contributed by atoms with Gasteiger partial charge in [-0.2, -0.15) is 0 Å². The van der Waals surface area contributed by atoms with Crippen molar-refractivity contribution < 1.29 is 14.6 Å². The summed E-state index contributed by atoms with van der Waals surface area (Å²) in [6.07, 6.45) is 2.82. The van der Waals surface area contributed by atoms with Crippen LogP contribution in [0.4, 0.5) is 0 Å². The van der Waals surface area contributed by atoms with Crippen molar-refractivity contribution in [2.75, 3.05) is 6.61 Å². The first kappa shape index (κ1) is 12.1. The number of rotatable bonds is 3. The van der Waals surface area contributed by atoms with E-state index in [1.807, 2.05) is 0 Å². The Labute approximate surface area is 78.4 Å². The van der Waals surface area contributed by atoms with Crippen molar-refractivity contribution >= 4 is 5.97 Å². The molecule has 0 aliphatic rings. The SMILES string of the molecule is CC(C)(C)OC(=O)C(N)/C=C/CO. The molecule has 4 nitrogen and oxygen atoms in total. The average Bonchev–Trinajstić information content (AvgIpc) is 1.96. The highest BCUT2D eigenvalue weighted by Gasteiger charge is 2.19. The predicted molar refractivity (Wildman–Crippen MR) is 50.0 cm³/mol. The highest BCUT2D eigenvalue weighted by Crippen LogP contribution is 2.07. The molecule has 76 valence electrons. The van der Waals surface area contributed by atoms with Crippen LogP contribution in [0.3, 0.4) is 0 Å². The third-order valence-corrected chi connectivity index (χ3v) is 1.13. The van der Waals surface area contributed by atoms with E-state index in [-0.39, 0.29) is 6.61 Å². The number of hydrogen-bond donors (Lipinski definition) is 2. The molecule has 0 aliphatic carbocycles. The van der Waals surface area contributed by atoms with Crippen LogP contribution in [-0.2, 0) is 9.53 Å². The topological polar surface area (TPSA) is 72.5 Å². The van der Waals surface area contributed by atoms with Crippen molar-refractivity contribution in [3.8, 4) is 0 Å². The van der Waals surface area contributed by atoms with E-state index in [0.717, 1.165) is 0 Å². The first-order valence-electron chi connectivity index (χ1n) is 4.13. The summed E-state index contributed by atoms with van der Waals surface area (Å²) in [4.78, 5) is 11.2. The second-order valence-corrected chi connectivity index (χ2v) is 3.67. The molecule has 0 radical (unpaired) electrons. The Morgan fingerprint density at radius 3 is 2.54 bits per heavy atom. The van der Waals surface area contributed by atoms with Gasteiger partial charge in [0.05, 0.1) is 6.61 Å². The molecule has 0 amide bonds. The van der Waals surface area contributed by atoms with Gasteiger partial charge in [0.2, 0.25) is 0 Å². The van der Waals surface area contributed by atoms with Gasteiger partial charge in [0.1, 0.15) is 11.6 Å². The van der Waals surface area contributed by atoms with E-state index in [0.29, 0.717) is 0 Å². The minimum Gasteiger partial charge on any atom is -0.459 e. The van der Waals surface area contributed by atoms with Gasteiger partial charge in [-0.05, 0) is 20.8 Å². The molecule has 3 N–H and O–H groups in total. The van der Waals surface area contributed by atoms with Crippen molar-refractivity contribution in [3.63, 3.8) is 0 Å². The van der Waals surface area contributed by atoms with E-state index >= 15 is 0 Å². The molecule has 0 rings (SSSR count). The molecule has 1 unspecified atom stereocenters. The van der Waals surface area contributed by atoms with Gasteiger partial charge in [0.15, 0.2) is 0 Å². The van der Waals surface area contributed by atoms with E-state index < -0.39 is 17.6 Å². The Morgan fingerprint density at radius 1 is 1.62 bits per heavy atom. The highest BCUT2D eigenvalue weighted by atomic mass is 16.6. The number of ether oxygens (including phenoxy) is 1. The summed E-state index contributed by atoms with van der Waals surface area (Å²) in [6, 6.07) is -0.800. The molecular weight excluding hydrogens is 170 g/mol. The predicted octanol–water partition coefficient (Wildman–Crippen LogP) is 0.204. The minimum atomic E-state index is -0.800. The number of esters is 1. The molecule has 0 bridgehead atoms. The van der Waals surface area contributed by atoms with E-state index in [1.54, 1.807) is 20.8 Å². The van der Waals surface area contributed by atoms with Crippen LogP contribution in [0.5, 0.6) is 0 Å². The molecule has 0 fully saturated rings. The van der Waals surface area contributed by atoms with E-state index in [4.69, 9.17) is 15.6 Å². The summed E-state index contributed by atoms with van der Waals surface area (Å²) >= 11 is 0. The molecule has 0 aromatic rings. The van der Waals surface area contributed by atoms with Gasteiger partial charge >= 0.3 is 5.97 Å². The van der Waals surface area contributed by atoms with Crippen LogP contribution >= 0.6 is 0 Å². The molecule has 1 atom stereocenters. The molecule has 0 saturated carbocycles. The zero-order valence-electron chi connectivity index (χ0n) is 8.28. The van der Waals surface area contributed by atoms with Gasteiger partial charge in [0, 0.05) is 0 Å². The quantitative estimate of drug-likeness (QED) is 0.489. The van der Waals surface area contributed by atoms with Gasteiger partial charge in [0.25, 0.3) is 0 Å². The molecule has 4 heteroatoms. The van der Waals surface area contributed by atoms with Crippen LogP contribution in [-0.4, -0.2) is 29.3 Å². The molecular formula is C9H17NO3. The van der Waals surface area contributed by atoms with Crippen molar-refractivity contribution in [1.82, 2.24) is 0 Å². The maximum atomic E-state index is 11.2. The Bertz CT molecular complexity index is 194. The number of aliphatic hydroxyl groups excluding tert-OH is 1. The number of nitrogens with two attached hydrogens (primary N) is 1. The Kier molecular flexibility index (Phi) is 4.66. The van der Waals surface area contributed by atoms with Gasteiger partial charge < -0.3 is 15.6 Å². The zero-order valence-corrected chi connectivity index (χ0v) is 8.28. The first-order valence-corrected chi connectivity index (χ1v) is 4.13. The fourth-order valence-corrected chi connectivity index (χ4v) is 0.656. The van der Waals surface area contributed by atoms with Crippen molar-refractivity contribution in [3.05, 3.63) is 12.2 Å². The largest absolute Gasteiger partial charge is 0.459 e. The average molecular weight is 187 g/mol. The summed E-state index contributed by atoms with van der Waals surface area (Å²) in [6.45, 7) is 5.19. The fraction of sp³-hybridized carbons (Fsp3) is 0.667. The van der Waals surface area contributed by atoms with Crippen LogP contribution in [0.2, 0.25) is 0 Å². The van der Waals surface area contributed by atoms with Crippen LogP contribution in [0.1, 0.15) is 20.8 Å². The van der Waals surface area contributed by atoms with Gasteiger partial charge in [-0.25, -0.2) is 4.79 Å². The normalized spacial score (nSPS) is 14.5. The first-order chi connectivity index (χ1) is 5.87. The molecule has 0 aromatic carbocycles. The number of hydrogen-bond acceptors (Lipinski definition) is 4. The van der Waals surface area contributed by atoms with E-state index in [2.05, 4.69) is 0 Å². The van der Waals surface area contributed by atoms with Gasteiger partial charge in [-0.3, -0.25) is 0 Å².